The molecule has 0 aromatic heterocycles. The molecule has 1 aromatic rings. The first-order chi connectivity index (χ1) is 8.83. The van der Waals surface area contributed by atoms with Gasteiger partial charge in [0.2, 0.25) is 0 Å². The molecule has 1 aromatic carbocycles. The lowest BCUT2D eigenvalue weighted by Crippen LogP contribution is -2.05. The lowest BCUT2D eigenvalue weighted by atomic mass is 9.86. The van der Waals surface area contributed by atoms with Crippen molar-refractivity contribution in [3.63, 3.8) is 0 Å². The molecule has 1 unspecified atom stereocenters. The van der Waals surface area contributed by atoms with Gasteiger partial charge in [-0.05, 0) is 42.4 Å². The minimum absolute atomic E-state index is 0.651. The van der Waals surface area contributed by atoms with Crippen molar-refractivity contribution in [3.8, 4) is 0 Å². The van der Waals surface area contributed by atoms with Gasteiger partial charge >= 0.3 is 0 Å². The summed E-state index contributed by atoms with van der Waals surface area (Å²) in [6.45, 7) is 5.82. The summed E-state index contributed by atoms with van der Waals surface area (Å²) in [5.41, 5.74) is 2.91. The number of hydrogen-bond donors (Lipinski definition) is 0. The maximum atomic E-state index is 5.34. The van der Waals surface area contributed by atoms with Crippen LogP contribution in [0.15, 0.2) is 48.9 Å². The van der Waals surface area contributed by atoms with Gasteiger partial charge in [-0.15, -0.1) is 0 Å². The Kier molecular flexibility index (Phi) is 4.63. The summed E-state index contributed by atoms with van der Waals surface area (Å²) in [5, 5.41) is 0. The summed E-state index contributed by atoms with van der Waals surface area (Å²) in [6.07, 6.45) is 9.40. The van der Waals surface area contributed by atoms with Gasteiger partial charge in [-0.2, -0.15) is 0 Å². The summed E-state index contributed by atoms with van der Waals surface area (Å²) in [7, 11) is 0. The SMILES string of the molecule is C=COC1=CCC(c2ccc(CCC)cc2)CC1. The molecule has 1 aliphatic carbocycles. The Morgan fingerprint density at radius 3 is 2.67 bits per heavy atom. The summed E-state index contributed by atoms with van der Waals surface area (Å²) in [6, 6.07) is 9.14. The molecule has 1 atom stereocenters. The van der Waals surface area contributed by atoms with Crippen molar-refractivity contribution in [1.82, 2.24) is 0 Å². The molecule has 0 fully saturated rings. The highest BCUT2D eigenvalue weighted by Gasteiger charge is 2.16. The molecule has 0 N–H and O–H groups in total. The van der Waals surface area contributed by atoms with E-state index in [0.29, 0.717) is 5.92 Å². The quantitative estimate of drug-likeness (QED) is 0.664. The van der Waals surface area contributed by atoms with E-state index in [0.717, 1.165) is 18.6 Å². The van der Waals surface area contributed by atoms with Gasteiger partial charge in [0, 0.05) is 6.42 Å². The topological polar surface area (TPSA) is 9.23 Å². The third kappa shape index (κ3) is 3.25. The first-order valence-corrected chi connectivity index (χ1v) is 6.89. The molecule has 0 aliphatic heterocycles. The number of allylic oxidation sites excluding steroid dienone is 2. The molecule has 0 saturated heterocycles. The maximum absolute atomic E-state index is 5.34. The smallest absolute Gasteiger partial charge is 0.0992 e. The summed E-state index contributed by atoms with van der Waals surface area (Å²) in [4.78, 5) is 0. The Morgan fingerprint density at radius 2 is 2.11 bits per heavy atom. The number of rotatable bonds is 5. The van der Waals surface area contributed by atoms with Gasteiger partial charge in [-0.3, -0.25) is 0 Å². The fourth-order valence-corrected chi connectivity index (χ4v) is 2.57. The summed E-state index contributed by atoms with van der Waals surface area (Å²) >= 11 is 0. The first kappa shape index (κ1) is 12.9. The van der Waals surface area contributed by atoms with Gasteiger partial charge in [0.05, 0.1) is 12.0 Å². The van der Waals surface area contributed by atoms with E-state index in [2.05, 4.69) is 43.8 Å². The highest BCUT2D eigenvalue weighted by molar-refractivity contribution is 5.27. The molecule has 18 heavy (non-hydrogen) atoms. The average molecular weight is 242 g/mol. The second-order valence-electron chi connectivity index (χ2n) is 4.92. The van der Waals surface area contributed by atoms with Gasteiger partial charge in [-0.1, -0.05) is 44.2 Å². The first-order valence-electron chi connectivity index (χ1n) is 6.89. The molecule has 0 bridgehead atoms. The summed E-state index contributed by atoms with van der Waals surface area (Å²) < 4.78 is 5.34. The van der Waals surface area contributed by atoms with Crippen LogP contribution < -0.4 is 0 Å². The van der Waals surface area contributed by atoms with Gasteiger partial charge in [-0.25, -0.2) is 0 Å². The van der Waals surface area contributed by atoms with Crippen LogP contribution in [0, 0.1) is 0 Å². The molecule has 1 heteroatoms. The third-order valence-corrected chi connectivity index (χ3v) is 3.59. The van der Waals surface area contributed by atoms with E-state index in [4.69, 9.17) is 4.74 Å². The Bertz CT molecular complexity index is 414. The van der Waals surface area contributed by atoms with E-state index in [-0.39, 0.29) is 0 Å². The number of aryl methyl sites for hydroxylation is 1. The molecule has 0 heterocycles. The van der Waals surface area contributed by atoms with Crippen LogP contribution in [0.25, 0.3) is 0 Å². The van der Waals surface area contributed by atoms with Crippen molar-refractivity contribution in [3.05, 3.63) is 60.1 Å². The van der Waals surface area contributed by atoms with Crippen LogP contribution >= 0.6 is 0 Å². The van der Waals surface area contributed by atoms with E-state index >= 15 is 0 Å². The molecular weight excluding hydrogens is 220 g/mol. The fraction of sp³-hybridized carbons (Fsp3) is 0.412. The highest BCUT2D eigenvalue weighted by Crippen LogP contribution is 2.32. The third-order valence-electron chi connectivity index (χ3n) is 3.59. The molecule has 96 valence electrons. The van der Waals surface area contributed by atoms with E-state index < -0.39 is 0 Å². The van der Waals surface area contributed by atoms with Crippen LogP contribution in [0.2, 0.25) is 0 Å². The Morgan fingerprint density at radius 1 is 1.33 bits per heavy atom. The standard InChI is InChI=1S/C17H22O/c1-3-5-14-6-8-15(9-7-14)16-10-12-17(13-11-16)18-4-2/h4,6-9,12,16H,2-3,5,10-11,13H2,1H3. The monoisotopic (exact) mass is 242 g/mol. The normalized spacial score (nSPS) is 19.2. The molecule has 1 nitrogen and oxygen atoms in total. The zero-order chi connectivity index (χ0) is 12.8. The van der Waals surface area contributed by atoms with Crippen LogP contribution in [0.4, 0.5) is 0 Å². The number of hydrogen-bond acceptors (Lipinski definition) is 1. The van der Waals surface area contributed by atoms with Crippen LogP contribution in [-0.4, -0.2) is 0 Å². The van der Waals surface area contributed by atoms with Crippen molar-refractivity contribution >= 4 is 0 Å². The Hall–Kier alpha value is -1.50. The minimum atomic E-state index is 0.651. The van der Waals surface area contributed by atoms with E-state index in [1.807, 2.05) is 0 Å². The predicted octanol–water partition coefficient (Wildman–Crippen LogP) is 4.95. The number of benzene rings is 1. The molecular formula is C17H22O. The van der Waals surface area contributed by atoms with Crippen molar-refractivity contribution in [2.24, 2.45) is 0 Å². The molecule has 0 radical (unpaired) electrons. The van der Waals surface area contributed by atoms with Crippen LogP contribution in [0.1, 0.15) is 49.7 Å². The fourth-order valence-electron chi connectivity index (χ4n) is 2.57. The van der Waals surface area contributed by atoms with Crippen LogP contribution in [0.3, 0.4) is 0 Å². The van der Waals surface area contributed by atoms with Crippen molar-refractivity contribution in [2.45, 2.75) is 44.9 Å². The largest absolute Gasteiger partial charge is 0.470 e. The van der Waals surface area contributed by atoms with E-state index in [1.54, 1.807) is 0 Å². The molecule has 0 spiro atoms. The van der Waals surface area contributed by atoms with Crippen molar-refractivity contribution in [1.29, 1.82) is 0 Å². The average Bonchev–Trinajstić information content (AvgIpc) is 2.41. The second-order valence-corrected chi connectivity index (χ2v) is 4.92. The molecule has 0 amide bonds. The van der Waals surface area contributed by atoms with E-state index in [9.17, 15) is 0 Å². The van der Waals surface area contributed by atoms with Gasteiger partial charge in [0.15, 0.2) is 0 Å². The minimum Gasteiger partial charge on any atom is -0.470 e. The Balaban J connectivity index is 1.98. The second kappa shape index (κ2) is 6.44. The van der Waals surface area contributed by atoms with Gasteiger partial charge in [0.25, 0.3) is 0 Å². The van der Waals surface area contributed by atoms with Crippen LogP contribution in [-0.2, 0) is 11.2 Å². The van der Waals surface area contributed by atoms with Crippen molar-refractivity contribution < 1.29 is 4.74 Å². The lowest BCUT2D eigenvalue weighted by Gasteiger charge is -2.21. The van der Waals surface area contributed by atoms with E-state index in [1.165, 1.54) is 36.7 Å². The maximum Gasteiger partial charge on any atom is 0.0992 e. The zero-order valence-electron chi connectivity index (χ0n) is 11.2. The Labute approximate surface area is 110 Å². The molecule has 1 aliphatic rings. The zero-order valence-corrected chi connectivity index (χ0v) is 11.2. The predicted molar refractivity (Wildman–Crippen MR) is 76.4 cm³/mol. The molecule has 2 rings (SSSR count). The lowest BCUT2D eigenvalue weighted by molar-refractivity contribution is 0.314. The van der Waals surface area contributed by atoms with Gasteiger partial charge in [0.1, 0.15) is 0 Å². The van der Waals surface area contributed by atoms with Gasteiger partial charge < -0.3 is 4.74 Å². The van der Waals surface area contributed by atoms with Crippen molar-refractivity contribution in [2.75, 3.05) is 0 Å². The number of ether oxygens (including phenoxy) is 1. The molecule has 0 saturated carbocycles. The van der Waals surface area contributed by atoms with Crippen LogP contribution in [0.5, 0.6) is 0 Å². The highest BCUT2D eigenvalue weighted by atomic mass is 16.5. The summed E-state index contributed by atoms with van der Waals surface area (Å²) in [5.74, 6) is 1.72.